The van der Waals surface area contributed by atoms with E-state index in [9.17, 15) is 0 Å². The molecule has 0 spiro atoms. The first-order valence-electron chi connectivity index (χ1n) is 6.60. The molecule has 4 nitrogen and oxygen atoms in total. The third kappa shape index (κ3) is 3.22. The summed E-state index contributed by atoms with van der Waals surface area (Å²) in [6.45, 7) is 7.89. The second kappa shape index (κ2) is 6.73. The average Bonchev–Trinajstić information content (AvgIpc) is 2.89. The van der Waals surface area contributed by atoms with Crippen molar-refractivity contribution in [3.8, 4) is 0 Å². The highest BCUT2D eigenvalue weighted by Gasteiger charge is 2.24. The molecule has 100 valence electrons. The van der Waals surface area contributed by atoms with E-state index in [2.05, 4.69) is 16.8 Å². The Hall–Kier alpha value is -1.10. The van der Waals surface area contributed by atoms with Gasteiger partial charge in [-0.2, -0.15) is 0 Å². The van der Waals surface area contributed by atoms with Crippen molar-refractivity contribution in [1.82, 2.24) is 10.2 Å². The molecular weight excluding hydrogens is 228 g/mol. The Morgan fingerprint density at radius 1 is 1.44 bits per heavy atom. The number of aliphatic hydroxyl groups is 1. The normalized spacial score (nSPS) is 18.7. The van der Waals surface area contributed by atoms with Gasteiger partial charge in [-0.25, -0.2) is 0 Å². The summed E-state index contributed by atoms with van der Waals surface area (Å²) in [5.41, 5.74) is 0. The molecule has 1 aliphatic rings. The minimum absolute atomic E-state index is 0.0320. The van der Waals surface area contributed by atoms with Crippen LogP contribution in [-0.4, -0.2) is 36.2 Å². The smallest absolute Gasteiger partial charge is 0.129 e. The molecule has 18 heavy (non-hydrogen) atoms. The predicted molar refractivity (Wildman–Crippen MR) is 71.2 cm³/mol. The molecule has 1 saturated heterocycles. The zero-order chi connectivity index (χ0) is 12.8. The van der Waals surface area contributed by atoms with Gasteiger partial charge in [-0.3, -0.25) is 4.90 Å². The lowest BCUT2D eigenvalue weighted by Gasteiger charge is -2.33. The summed E-state index contributed by atoms with van der Waals surface area (Å²) in [6.07, 6.45) is 3.94. The zero-order valence-electron chi connectivity index (χ0n) is 10.8. The first-order chi connectivity index (χ1) is 8.85. The van der Waals surface area contributed by atoms with Crippen LogP contribution < -0.4 is 5.32 Å². The molecule has 1 aliphatic heterocycles. The van der Waals surface area contributed by atoms with E-state index in [1.54, 1.807) is 0 Å². The van der Waals surface area contributed by atoms with E-state index in [1.165, 1.54) is 0 Å². The molecule has 0 unspecified atom stereocenters. The van der Waals surface area contributed by atoms with Crippen LogP contribution in [0.5, 0.6) is 0 Å². The van der Waals surface area contributed by atoms with Crippen LogP contribution in [0.4, 0.5) is 0 Å². The molecule has 0 aromatic carbocycles. The minimum atomic E-state index is -0.0320. The second-order valence-electron chi connectivity index (χ2n) is 4.63. The molecule has 2 heterocycles. The fourth-order valence-corrected chi connectivity index (χ4v) is 2.43. The third-order valence-corrected chi connectivity index (χ3v) is 3.40. The Labute approximate surface area is 108 Å². The molecule has 0 saturated carbocycles. The van der Waals surface area contributed by atoms with Gasteiger partial charge in [0.2, 0.25) is 0 Å². The minimum Gasteiger partial charge on any atom is -0.462 e. The van der Waals surface area contributed by atoms with E-state index in [0.29, 0.717) is 11.8 Å². The van der Waals surface area contributed by atoms with Crippen molar-refractivity contribution in [1.29, 1.82) is 0 Å². The van der Waals surface area contributed by atoms with Crippen molar-refractivity contribution in [2.45, 2.75) is 25.5 Å². The molecule has 1 fully saturated rings. The molecule has 2 N–H and O–H groups in total. The number of aliphatic hydroxyl groups excluding tert-OH is 1. The summed E-state index contributed by atoms with van der Waals surface area (Å²) in [5, 5.41) is 12.4. The number of rotatable bonds is 6. The SMILES string of the molecule is C=CCC[C@@H](c1ccc(CO)o1)N1CCNCC1. The van der Waals surface area contributed by atoms with Crippen LogP contribution in [0.1, 0.15) is 30.4 Å². The summed E-state index contributed by atoms with van der Waals surface area (Å²) in [4.78, 5) is 2.44. The fourth-order valence-electron chi connectivity index (χ4n) is 2.43. The van der Waals surface area contributed by atoms with Gasteiger partial charge in [-0.15, -0.1) is 6.58 Å². The topological polar surface area (TPSA) is 48.6 Å². The van der Waals surface area contributed by atoms with Crippen LogP contribution in [0.25, 0.3) is 0 Å². The monoisotopic (exact) mass is 250 g/mol. The number of hydrogen-bond donors (Lipinski definition) is 2. The Kier molecular flexibility index (Phi) is 4.99. The average molecular weight is 250 g/mol. The standard InChI is InChI=1S/C14H22N2O2/c1-2-3-4-13(16-9-7-15-8-10-16)14-6-5-12(11-17)18-14/h2,5-6,13,15,17H,1,3-4,7-11H2/t13-/m0/s1. The van der Waals surface area contributed by atoms with Crippen molar-refractivity contribution < 1.29 is 9.52 Å². The highest BCUT2D eigenvalue weighted by atomic mass is 16.4. The fraction of sp³-hybridized carbons (Fsp3) is 0.571. The van der Waals surface area contributed by atoms with Gasteiger partial charge in [-0.05, 0) is 25.0 Å². The van der Waals surface area contributed by atoms with E-state index in [1.807, 2.05) is 18.2 Å². The maximum atomic E-state index is 9.09. The van der Waals surface area contributed by atoms with Crippen LogP contribution in [0, 0.1) is 0 Å². The Balaban J connectivity index is 2.09. The van der Waals surface area contributed by atoms with E-state index in [-0.39, 0.29) is 6.61 Å². The zero-order valence-corrected chi connectivity index (χ0v) is 10.8. The molecule has 0 aliphatic carbocycles. The second-order valence-corrected chi connectivity index (χ2v) is 4.63. The number of piperazine rings is 1. The van der Waals surface area contributed by atoms with Gasteiger partial charge in [0.25, 0.3) is 0 Å². The van der Waals surface area contributed by atoms with Crippen molar-refractivity contribution >= 4 is 0 Å². The van der Waals surface area contributed by atoms with Gasteiger partial charge in [0.1, 0.15) is 18.1 Å². The summed E-state index contributed by atoms with van der Waals surface area (Å²) >= 11 is 0. The summed E-state index contributed by atoms with van der Waals surface area (Å²) in [6, 6.07) is 4.14. The predicted octanol–water partition coefficient (Wildman–Crippen LogP) is 1.68. The van der Waals surface area contributed by atoms with Gasteiger partial charge in [0, 0.05) is 26.2 Å². The molecule has 1 aromatic heterocycles. The van der Waals surface area contributed by atoms with Crippen LogP contribution >= 0.6 is 0 Å². The molecule has 0 bridgehead atoms. The number of nitrogens with zero attached hydrogens (tertiary/aromatic N) is 1. The van der Waals surface area contributed by atoms with Gasteiger partial charge in [0.15, 0.2) is 0 Å². The van der Waals surface area contributed by atoms with Crippen molar-refractivity contribution in [3.05, 3.63) is 36.3 Å². The van der Waals surface area contributed by atoms with Gasteiger partial charge >= 0.3 is 0 Å². The Morgan fingerprint density at radius 3 is 2.83 bits per heavy atom. The molecule has 0 amide bonds. The Morgan fingerprint density at radius 2 is 2.22 bits per heavy atom. The maximum Gasteiger partial charge on any atom is 0.129 e. The largest absolute Gasteiger partial charge is 0.462 e. The van der Waals surface area contributed by atoms with Crippen LogP contribution in [0.3, 0.4) is 0 Å². The number of nitrogens with one attached hydrogen (secondary N) is 1. The van der Waals surface area contributed by atoms with E-state index in [4.69, 9.17) is 9.52 Å². The van der Waals surface area contributed by atoms with Crippen LogP contribution in [-0.2, 0) is 6.61 Å². The van der Waals surface area contributed by atoms with Gasteiger partial charge in [0.05, 0.1) is 6.04 Å². The van der Waals surface area contributed by atoms with E-state index >= 15 is 0 Å². The van der Waals surface area contributed by atoms with Crippen LogP contribution in [0.15, 0.2) is 29.2 Å². The first-order valence-corrected chi connectivity index (χ1v) is 6.60. The van der Waals surface area contributed by atoms with E-state index in [0.717, 1.165) is 44.8 Å². The van der Waals surface area contributed by atoms with Gasteiger partial charge in [-0.1, -0.05) is 6.08 Å². The lowest BCUT2D eigenvalue weighted by atomic mass is 10.1. The molecule has 1 atom stereocenters. The quantitative estimate of drug-likeness (QED) is 0.754. The molecule has 2 rings (SSSR count). The van der Waals surface area contributed by atoms with E-state index < -0.39 is 0 Å². The molecule has 1 aromatic rings. The number of hydrogen-bond acceptors (Lipinski definition) is 4. The lowest BCUT2D eigenvalue weighted by molar-refractivity contribution is 0.142. The highest BCUT2D eigenvalue weighted by molar-refractivity contribution is 5.11. The first kappa shape index (κ1) is 13.3. The summed E-state index contributed by atoms with van der Waals surface area (Å²) in [5.74, 6) is 1.60. The van der Waals surface area contributed by atoms with Crippen LogP contribution in [0.2, 0.25) is 0 Å². The third-order valence-electron chi connectivity index (χ3n) is 3.40. The maximum absolute atomic E-state index is 9.09. The lowest BCUT2D eigenvalue weighted by Crippen LogP contribution is -2.45. The summed E-state index contributed by atoms with van der Waals surface area (Å²) in [7, 11) is 0. The highest BCUT2D eigenvalue weighted by Crippen LogP contribution is 2.27. The van der Waals surface area contributed by atoms with Crippen molar-refractivity contribution in [2.75, 3.05) is 26.2 Å². The molecule has 0 radical (unpaired) electrons. The molecule has 4 heteroatoms. The van der Waals surface area contributed by atoms with Crippen molar-refractivity contribution in [3.63, 3.8) is 0 Å². The summed E-state index contributed by atoms with van der Waals surface area (Å²) < 4.78 is 5.70. The number of furan rings is 1. The Bertz CT molecular complexity index is 370. The van der Waals surface area contributed by atoms with Crippen molar-refractivity contribution in [2.24, 2.45) is 0 Å². The van der Waals surface area contributed by atoms with Gasteiger partial charge < -0.3 is 14.8 Å². The molecular formula is C14H22N2O2. The number of allylic oxidation sites excluding steroid dienone is 1.